The van der Waals surface area contributed by atoms with Crippen molar-refractivity contribution in [2.75, 3.05) is 0 Å². The van der Waals surface area contributed by atoms with Gasteiger partial charge in [0.2, 0.25) is 0 Å². The highest BCUT2D eigenvalue weighted by Crippen LogP contribution is 2.25. The molecule has 0 aliphatic carbocycles. The number of benzene rings is 1. The largest absolute Gasteiger partial charge is 0.310 e. The van der Waals surface area contributed by atoms with E-state index in [1.54, 1.807) is 10.7 Å². The lowest BCUT2D eigenvalue weighted by Crippen LogP contribution is -2.23. The summed E-state index contributed by atoms with van der Waals surface area (Å²) in [5.41, 5.74) is 2.89. The van der Waals surface area contributed by atoms with Gasteiger partial charge in [-0.2, -0.15) is 5.10 Å². The summed E-state index contributed by atoms with van der Waals surface area (Å²) in [6.45, 7) is 8.24. The Bertz CT molecular complexity index is 620. The van der Waals surface area contributed by atoms with E-state index in [2.05, 4.69) is 10.4 Å². The Hall–Kier alpha value is -1.39. The molecule has 0 spiro atoms. The van der Waals surface area contributed by atoms with E-state index < -0.39 is 0 Å². The number of rotatable bonds is 4. The van der Waals surface area contributed by atoms with Gasteiger partial charge in [-0.05, 0) is 26.0 Å². The molecular formula is C15H19ClFN3. The zero-order valence-electron chi connectivity index (χ0n) is 12.2. The van der Waals surface area contributed by atoms with Crippen molar-refractivity contribution in [3.8, 4) is 5.69 Å². The monoisotopic (exact) mass is 295 g/mol. The lowest BCUT2D eigenvalue weighted by Gasteiger charge is -2.14. The van der Waals surface area contributed by atoms with E-state index >= 15 is 0 Å². The van der Waals surface area contributed by atoms with Gasteiger partial charge in [-0.3, -0.25) is 0 Å². The van der Waals surface area contributed by atoms with Crippen molar-refractivity contribution in [2.24, 2.45) is 0 Å². The first-order valence-corrected chi connectivity index (χ1v) is 7.02. The van der Waals surface area contributed by atoms with Crippen molar-refractivity contribution in [3.63, 3.8) is 0 Å². The fraction of sp³-hybridized carbons (Fsp3) is 0.400. The quantitative estimate of drug-likeness (QED) is 0.930. The SMILES string of the molecule is Cc1nn(-c2cccc(F)c2CNC(C)C)c(C)c1Cl. The standard InChI is InChI=1S/C15H19ClFN3/c1-9(2)18-8-12-13(17)6-5-7-14(12)20-11(4)15(16)10(3)19-20/h5-7,9,18H,8H2,1-4H3. The second kappa shape index (κ2) is 5.94. The molecule has 0 bridgehead atoms. The molecule has 0 amide bonds. The second-order valence-corrected chi connectivity index (χ2v) is 5.55. The third kappa shape index (κ3) is 2.86. The highest BCUT2D eigenvalue weighted by atomic mass is 35.5. The number of nitrogens with zero attached hydrogens (tertiary/aromatic N) is 2. The zero-order chi connectivity index (χ0) is 14.9. The molecular weight excluding hydrogens is 277 g/mol. The first-order valence-electron chi connectivity index (χ1n) is 6.64. The van der Waals surface area contributed by atoms with Crippen LogP contribution in [0.2, 0.25) is 5.02 Å². The second-order valence-electron chi connectivity index (χ2n) is 5.17. The summed E-state index contributed by atoms with van der Waals surface area (Å²) in [6, 6.07) is 5.30. The molecule has 2 aromatic rings. The Balaban J connectivity index is 2.50. The summed E-state index contributed by atoms with van der Waals surface area (Å²) in [5, 5.41) is 8.26. The number of aryl methyl sites for hydroxylation is 1. The maximum atomic E-state index is 14.1. The number of nitrogens with one attached hydrogen (secondary N) is 1. The summed E-state index contributed by atoms with van der Waals surface area (Å²) in [6.07, 6.45) is 0. The van der Waals surface area contributed by atoms with Crippen molar-refractivity contribution < 1.29 is 4.39 Å². The molecule has 1 N–H and O–H groups in total. The summed E-state index contributed by atoms with van der Waals surface area (Å²) < 4.78 is 15.8. The molecule has 1 aromatic carbocycles. The minimum atomic E-state index is -0.237. The third-order valence-corrected chi connectivity index (χ3v) is 3.76. The van der Waals surface area contributed by atoms with E-state index in [0.29, 0.717) is 17.1 Å². The van der Waals surface area contributed by atoms with Crippen molar-refractivity contribution in [2.45, 2.75) is 40.3 Å². The average Bonchev–Trinajstić information content (AvgIpc) is 2.64. The van der Waals surface area contributed by atoms with Crippen LogP contribution >= 0.6 is 11.6 Å². The Labute approximate surface area is 123 Å². The molecule has 0 radical (unpaired) electrons. The summed E-state index contributed by atoms with van der Waals surface area (Å²) in [7, 11) is 0. The molecule has 20 heavy (non-hydrogen) atoms. The number of hydrogen-bond donors (Lipinski definition) is 1. The van der Waals surface area contributed by atoms with Crippen LogP contribution in [0.1, 0.15) is 30.8 Å². The van der Waals surface area contributed by atoms with E-state index in [4.69, 9.17) is 11.6 Å². The van der Waals surface area contributed by atoms with E-state index in [1.807, 2.05) is 33.8 Å². The first-order chi connectivity index (χ1) is 9.41. The average molecular weight is 296 g/mol. The molecule has 0 saturated carbocycles. The van der Waals surface area contributed by atoms with E-state index in [0.717, 1.165) is 17.1 Å². The summed E-state index contributed by atoms with van der Waals surface area (Å²) in [4.78, 5) is 0. The molecule has 0 atom stereocenters. The van der Waals surface area contributed by atoms with Crippen LogP contribution in [0.3, 0.4) is 0 Å². The normalized spacial score (nSPS) is 11.3. The minimum Gasteiger partial charge on any atom is -0.310 e. The third-order valence-electron chi connectivity index (χ3n) is 3.21. The molecule has 0 aliphatic rings. The fourth-order valence-corrected chi connectivity index (χ4v) is 2.20. The van der Waals surface area contributed by atoms with Crippen LogP contribution < -0.4 is 5.32 Å². The molecule has 3 nitrogen and oxygen atoms in total. The fourth-order valence-electron chi connectivity index (χ4n) is 2.09. The van der Waals surface area contributed by atoms with Gasteiger partial charge in [0.05, 0.1) is 22.1 Å². The van der Waals surface area contributed by atoms with Crippen LogP contribution in [0.25, 0.3) is 5.69 Å². The maximum Gasteiger partial charge on any atom is 0.129 e. The molecule has 1 heterocycles. The lowest BCUT2D eigenvalue weighted by atomic mass is 10.1. The van der Waals surface area contributed by atoms with Crippen LogP contribution in [-0.4, -0.2) is 15.8 Å². The first kappa shape index (κ1) is 15.0. The summed E-state index contributed by atoms with van der Waals surface area (Å²) >= 11 is 6.18. The molecule has 0 saturated heterocycles. The predicted octanol–water partition coefficient (Wildman–Crippen LogP) is 3.78. The molecule has 108 valence electrons. The van der Waals surface area contributed by atoms with Crippen LogP contribution in [0.4, 0.5) is 4.39 Å². The van der Waals surface area contributed by atoms with Gasteiger partial charge >= 0.3 is 0 Å². The number of halogens is 2. The van der Waals surface area contributed by atoms with Crippen molar-refractivity contribution in [1.82, 2.24) is 15.1 Å². The molecule has 0 aliphatic heterocycles. The van der Waals surface area contributed by atoms with Gasteiger partial charge in [0.15, 0.2) is 0 Å². The smallest absolute Gasteiger partial charge is 0.129 e. The number of aromatic nitrogens is 2. The molecule has 5 heteroatoms. The predicted molar refractivity (Wildman–Crippen MR) is 80.0 cm³/mol. The zero-order valence-corrected chi connectivity index (χ0v) is 12.9. The van der Waals surface area contributed by atoms with Crippen LogP contribution in [0.5, 0.6) is 0 Å². The Morgan fingerprint density at radius 3 is 2.60 bits per heavy atom. The highest BCUT2D eigenvalue weighted by Gasteiger charge is 2.16. The van der Waals surface area contributed by atoms with Crippen molar-refractivity contribution >= 4 is 11.6 Å². The van der Waals surface area contributed by atoms with Gasteiger partial charge < -0.3 is 5.32 Å². The van der Waals surface area contributed by atoms with E-state index in [9.17, 15) is 4.39 Å². The molecule has 2 rings (SSSR count). The van der Waals surface area contributed by atoms with Gasteiger partial charge in [-0.15, -0.1) is 0 Å². The molecule has 1 aromatic heterocycles. The van der Waals surface area contributed by atoms with Crippen molar-refractivity contribution in [1.29, 1.82) is 0 Å². The number of hydrogen-bond acceptors (Lipinski definition) is 2. The minimum absolute atomic E-state index is 0.237. The van der Waals surface area contributed by atoms with Crippen LogP contribution in [0.15, 0.2) is 18.2 Å². The van der Waals surface area contributed by atoms with Crippen molar-refractivity contribution in [3.05, 3.63) is 46.0 Å². The topological polar surface area (TPSA) is 29.9 Å². The summed E-state index contributed by atoms with van der Waals surface area (Å²) in [5.74, 6) is -0.237. The van der Waals surface area contributed by atoms with Gasteiger partial charge in [0.25, 0.3) is 0 Å². The maximum absolute atomic E-state index is 14.1. The Morgan fingerprint density at radius 1 is 1.35 bits per heavy atom. The van der Waals surface area contributed by atoms with Gasteiger partial charge in [-0.1, -0.05) is 31.5 Å². The molecule has 0 unspecified atom stereocenters. The lowest BCUT2D eigenvalue weighted by molar-refractivity contribution is 0.549. The molecule has 0 fully saturated rings. The Morgan fingerprint density at radius 2 is 2.05 bits per heavy atom. The van der Waals surface area contributed by atoms with Crippen LogP contribution in [-0.2, 0) is 6.54 Å². The highest BCUT2D eigenvalue weighted by molar-refractivity contribution is 6.31. The van der Waals surface area contributed by atoms with Gasteiger partial charge in [-0.25, -0.2) is 9.07 Å². The van der Waals surface area contributed by atoms with E-state index in [-0.39, 0.29) is 11.9 Å². The van der Waals surface area contributed by atoms with Gasteiger partial charge in [0.1, 0.15) is 5.82 Å². The van der Waals surface area contributed by atoms with Gasteiger partial charge in [0, 0.05) is 18.2 Å². The van der Waals surface area contributed by atoms with Crippen LogP contribution in [0, 0.1) is 19.7 Å². The Kier molecular flexibility index (Phi) is 4.45. The van der Waals surface area contributed by atoms with E-state index in [1.165, 1.54) is 6.07 Å².